The van der Waals surface area contributed by atoms with E-state index in [0.29, 0.717) is 0 Å². The molecule has 0 aromatic rings. The SMILES string of the molecule is O=C1C=CC=C2C1C1CCCN3CCN2C3=N1. The van der Waals surface area contributed by atoms with Crippen molar-refractivity contribution in [3.63, 3.8) is 0 Å². The molecule has 0 radical (unpaired) electrons. The molecular formula is C13H15N3O. The molecule has 17 heavy (non-hydrogen) atoms. The molecule has 2 bridgehead atoms. The summed E-state index contributed by atoms with van der Waals surface area (Å²) in [5.74, 6) is 1.33. The number of ketones is 1. The molecule has 4 nitrogen and oxygen atoms in total. The van der Waals surface area contributed by atoms with Crippen molar-refractivity contribution in [3.8, 4) is 0 Å². The van der Waals surface area contributed by atoms with Crippen LogP contribution >= 0.6 is 0 Å². The van der Waals surface area contributed by atoms with Gasteiger partial charge in [0.25, 0.3) is 0 Å². The van der Waals surface area contributed by atoms with E-state index in [2.05, 4.69) is 15.9 Å². The van der Waals surface area contributed by atoms with Crippen LogP contribution in [-0.2, 0) is 4.79 Å². The monoisotopic (exact) mass is 229 g/mol. The zero-order valence-corrected chi connectivity index (χ0v) is 9.67. The zero-order valence-electron chi connectivity index (χ0n) is 9.67. The summed E-state index contributed by atoms with van der Waals surface area (Å²) < 4.78 is 0. The molecule has 88 valence electrons. The Kier molecular flexibility index (Phi) is 1.79. The quantitative estimate of drug-likeness (QED) is 0.615. The highest BCUT2D eigenvalue weighted by Gasteiger charge is 2.44. The lowest BCUT2D eigenvalue weighted by atomic mass is 9.84. The molecule has 0 aromatic heterocycles. The number of rotatable bonds is 0. The molecule has 2 unspecified atom stereocenters. The van der Waals surface area contributed by atoms with Gasteiger partial charge >= 0.3 is 0 Å². The lowest BCUT2D eigenvalue weighted by Gasteiger charge is -2.36. The van der Waals surface area contributed by atoms with Gasteiger partial charge in [0.15, 0.2) is 5.78 Å². The number of hydrogen-bond acceptors (Lipinski definition) is 4. The summed E-state index contributed by atoms with van der Waals surface area (Å²) in [5, 5.41) is 0. The second kappa shape index (κ2) is 3.22. The van der Waals surface area contributed by atoms with E-state index in [4.69, 9.17) is 4.99 Å². The van der Waals surface area contributed by atoms with Crippen molar-refractivity contribution in [2.45, 2.75) is 18.9 Å². The Bertz CT molecular complexity index is 477. The van der Waals surface area contributed by atoms with Crippen LogP contribution in [0.4, 0.5) is 0 Å². The Labute approximate surface area is 100 Å². The Hall–Kier alpha value is -1.58. The van der Waals surface area contributed by atoms with Crippen LogP contribution in [-0.4, -0.2) is 47.2 Å². The minimum Gasteiger partial charge on any atom is -0.341 e. The minimum atomic E-state index is -0.0122. The smallest absolute Gasteiger partial charge is 0.201 e. The number of hydrogen-bond donors (Lipinski definition) is 0. The van der Waals surface area contributed by atoms with Crippen LogP contribution in [0.25, 0.3) is 0 Å². The molecular weight excluding hydrogens is 214 g/mol. The summed E-state index contributed by atoms with van der Waals surface area (Å²) in [6.07, 6.45) is 7.87. The standard InChI is InChI=1S/C13H15N3O/c17-11-5-1-4-10-12(11)9-3-2-6-15-7-8-16(10)13(15)14-9/h1,4-5,9,12H,2-3,6-8H2. The van der Waals surface area contributed by atoms with Crippen LogP contribution in [0.2, 0.25) is 0 Å². The average molecular weight is 229 g/mol. The lowest BCUT2D eigenvalue weighted by Crippen LogP contribution is -2.44. The van der Waals surface area contributed by atoms with E-state index in [-0.39, 0.29) is 17.7 Å². The molecule has 4 rings (SSSR count). The first-order valence-corrected chi connectivity index (χ1v) is 6.37. The van der Waals surface area contributed by atoms with E-state index < -0.39 is 0 Å². The largest absolute Gasteiger partial charge is 0.341 e. The first kappa shape index (κ1) is 9.45. The van der Waals surface area contributed by atoms with Gasteiger partial charge in [-0.1, -0.05) is 6.08 Å². The number of nitrogens with zero attached hydrogens (tertiary/aromatic N) is 3. The summed E-state index contributed by atoms with van der Waals surface area (Å²) in [6, 6.07) is 0.174. The van der Waals surface area contributed by atoms with E-state index >= 15 is 0 Å². The number of carbonyl (C=O) groups is 1. The van der Waals surface area contributed by atoms with Crippen LogP contribution in [0.1, 0.15) is 12.8 Å². The van der Waals surface area contributed by atoms with Gasteiger partial charge in [-0.15, -0.1) is 0 Å². The lowest BCUT2D eigenvalue weighted by molar-refractivity contribution is -0.118. The van der Waals surface area contributed by atoms with Crippen molar-refractivity contribution in [1.29, 1.82) is 0 Å². The van der Waals surface area contributed by atoms with Crippen molar-refractivity contribution in [2.75, 3.05) is 19.6 Å². The first-order valence-electron chi connectivity index (χ1n) is 6.37. The number of fused-ring (bicyclic) bond motifs is 4. The molecule has 3 aliphatic heterocycles. The van der Waals surface area contributed by atoms with Crippen molar-refractivity contribution < 1.29 is 4.79 Å². The molecule has 0 N–H and O–H groups in total. The fourth-order valence-corrected chi connectivity index (χ4v) is 3.38. The highest BCUT2D eigenvalue weighted by atomic mass is 16.1. The van der Waals surface area contributed by atoms with E-state index in [1.807, 2.05) is 6.08 Å². The summed E-state index contributed by atoms with van der Waals surface area (Å²) in [7, 11) is 0. The van der Waals surface area contributed by atoms with Crippen molar-refractivity contribution in [2.24, 2.45) is 10.9 Å². The number of allylic oxidation sites excluding steroid dienone is 3. The summed E-state index contributed by atoms with van der Waals surface area (Å²) in [4.78, 5) is 21.5. The summed E-state index contributed by atoms with van der Waals surface area (Å²) >= 11 is 0. The molecule has 0 saturated carbocycles. The van der Waals surface area contributed by atoms with Gasteiger partial charge in [-0.25, -0.2) is 4.99 Å². The molecule has 1 saturated heterocycles. The second-order valence-corrected chi connectivity index (χ2v) is 5.11. The molecule has 1 aliphatic carbocycles. The Morgan fingerprint density at radius 2 is 2.24 bits per heavy atom. The molecule has 0 aromatic carbocycles. The van der Waals surface area contributed by atoms with Crippen LogP contribution in [0.5, 0.6) is 0 Å². The molecule has 4 aliphatic rings. The minimum absolute atomic E-state index is 0.0122. The topological polar surface area (TPSA) is 35.9 Å². The maximum atomic E-state index is 12.1. The van der Waals surface area contributed by atoms with Crippen molar-refractivity contribution in [3.05, 3.63) is 23.9 Å². The molecule has 0 spiro atoms. The molecule has 4 heteroatoms. The predicted molar refractivity (Wildman–Crippen MR) is 64.5 cm³/mol. The fourth-order valence-electron chi connectivity index (χ4n) is 3.38. The Morgan fingerprint density at radius 3 is 3.18 bits per heavy atom. The normalized spacial score (nSPS) is 34.2. The number of aliphatic imine (C=N–C) groups is 1. The third-order valence-electron chi connectivity index (χ3n) is 4.18. The fraction of sp³-hybridized carbons (Fsp3) is 0.538. The van der Waals surface area contributed by atoms with E-state index in [0.717, 1.165) is 38.4 Å². The van der Waals surface area contributed by atoms with Gasteiger partial charge in [0.1, 0.15) is 0 Å². The third-order valence-corrected chi connectivity index (χ3v) is 4.18. The van der Waals surface area contributed by atoms with Gasteiger partial charge in [-0.05, 0) is 25.0 Å². The van der Waals surface area contributed by atoms with Gasteiger partial charge < -0.3 is 9.80 Å². The number of carbonyl (C=O) groups excluding carboxylic acids is 1. The number of guanidine groups is 1. The van der Waals surface area contributed by atoms with Gasteiger partial charge in [-0.3, -0.25) is 4.79 Å². The van der Waals surface area contributed by atoms with Crippen molar-refractivity contribution >= 4 is 11.7 Å². The third kappa shape index (κ3) is 1.18. The van der Waals surface area contributed by atoms with Gasteiger partial charge in [0.2, 0.25) is 5.96 Å². The van der Waals surface area contributed by atoms with Gasteiger partial charge in [0.05, 0.1) is 12.0 Å². The predicted octanol–water partition coefficient (Wildman–Crippen LogP) is 0.775. The highest BCUT2D eigenvalue weighted by Crippen LogP contribution is 2.37. The van der Waals surface area contributed by atoms with Crippen LogP contribution in [0.15, 0.2) is 28.9 Å². The van der Waals surface area contributed by atoms with E-state index in [1.165, 1.54) is 5.70 Å². The molecule has 2 atom stereocenters. The molecule has 3 heterocycles. The Balaban J connectivity index is 1.87. The van der Waals surface area contributed by atoms with E-state index in [1.54, 1.807) is 6.08 Å². The Morgan fingerprint density at radius 1 is 1.29 bits per heavy atom. The summed E-state index contributed by atoms with van der Waals surface area (Å²) in [6.45, 7) is 3.12. The van der Waals surface area contributed by atoms with Crippen LogP contribution in [0, 0.1) is 5.92 Å². The maximum absolute atomic E-state index is 12.1. The van der Waals surface area contributed by atoms with Gasteiger partial charge in [0, 0.05) is 25.3 Å². The zero-order chi connectivity index (χ0) is 11.4. The molecule has 0 amide bonds. The summed E-state index contributed by atoms with van der Waals surface area (Å²) in [5.41, 5.74) is 1.18. The highest BCUT2D eigenvalue weighted by molar-refractivity contribution is 5.98. The molecule has 1 fully saturated rings. The first-order chi connectivity index (χ1) is 8.34. The van der Waals surface area contributed by atoms with Crippen LogP contribution in [0.3, 0.4) is 0 Å². The van der Waals surface area contributed by atoms with Gasteiger partial charge in [-0.2, -0.15) is 0 Å². The van der Waals surface area contributed by atoms with E-state index in [9.17, 15) is 4.79 Å². The average Bonchev–Trinajstić information content (AvgIpc) is 2.66. The van der Waals surface area contributed by atoms with Crippen LogP contribution < -0.4 is 0 Å². The second-order valence-electron chi connectivity index (χ2n) is 5.11. The maximum Gasteiger partial charge on any atom is 0.201 e. The van der Waals surface area contributed by atoms with Crippen molar-refractivity contribution in [1.82, 2.24) is 9.80 Å².